The molecule has 2 amide bonds. The standard InChI is InChI=1S/C35H43ClN8O3/c1-22(24-7-12-37-31(18-24)43-13-8-28(9-14-43)42(3)4)19-38-33(45)23(2)44-21-26-6-5-25(17-29(26)34(44)46)32-30(36)20-39-35(41-32)40-27-10-15-47-16-11-27/h5-7,12,17-20,22-23,27-28H,8-11,13-16,21H2,1-4H3,(H,39,40,41)/t22?,23-/m1/s1. The Hall–Kier alpha value is -3.93. The molecule has 248 valence electrons. The van der Waals surface area contributed by atoms with Gasteiger partial charge in [0, 0.05) is 74.4 Å². The van der Waals surface area contributed by atoms with Crippen LogP contribution >= 0.6 is 11.6 Å². The van der Waals surface area contributed by atoms with E-state index in [-0.39, 0.29) is 23.8 Å². The molecule has 3 aliphatic rings. The highest BCUT2D eigenvalue weighted by atomic mass is 35.5. The van der Waals surface area contributed by atoms with Crippen molar-refractivity contribution in [2.24, 2.45) is 4.99 Å². The lowest BCUT2D eigenvalue weighted by Crippen LogP contribution is -2.42. The first-order chi connectivity index (χ1) is 22.7. The molecule has 12 heteroatoms. The van der Waals surface area contributed by atoms with Gasteiger partial charge in [-0.1, -0.05) is 30.7 Å². The first-order valence-corrected chi connectivity index (χ1v) is 16.8. The number of anilines is 2. The quantitative estimate of drug-likeness (QED) is 0.315. The van der Waals surface area contributed by atoms with E-state index in [9.17, 15) is 9.59 Å². The number of nitrogens with one attached hydrogen (secondary N) is 1. The van der Waals surface area contributed by atoms with E-state index < -0.39 is 6.04 Å². The zero-order valence-electron chi connectivity index (χ0n) is 27.5. The molecule has 2 fully saturated rings. The number of piperidine rings is 1. The number of carbonyl (C=O) groups is 2. The summed E-state index contributed by atoms with van der Waals surface area (Å²) >= 11 is 6.51. The molecule has 3 aliphatic heterocycles. The molecule has 5 heterocycles. The SMILES string of the molecule is CC(C=NC(=O)[C@@H](C)N1Cc2ccc(-c3nc(NC4CCOCC4)ncc3Cl)cc2C1=O)c1ccnc(N2CCC(N(C)C)CC2)c1. The second kappa shape index (κ2) is 14.5. The highest BCUT2D eigenvalue weighted by Gasteiger charge is 2.34. The van der Waals surface area contributed by atoms with Gasteiger partial charge in [0.15, 0.2) is 0 Å². The summed E-state index contributed by atoms with van der Waals surface area (Å²) in [5.41, 5.74) is 3.68. The number of ether oxygens (including phenoxy) is 1. The molecule has 6 rings (SSSR count). The molecule has 0 spiro atoms. The molecule has 47 heavy (non-hydrogen) atoms. The van der Waals surface area contributed by atoms with Crippen LogP contribution < -0.4 is 10.2 Å². The lowest BCUT2D eigenvalue weighted by molar-refractivity contribution is -0.121. The number of halogens is 1. The Morgan fingerprint density at radius 1 is 1.11 bits per heavy atom. The van der Waals surface area contributed by atoms with E-state index in [1.165, 1.54) is 0 Å². The monoisotopic (exact) mass is 658 g/mol. The Balaban J connectivity index is 1.09. The maximum atomic E-state index is 13.6. The van der Waals surface area contributed by atoms with E-state index in [1.807, 2.05) is 31.3 Å². The summed E-state index contributed by atoms with van der Waals surface area (Å²) in [5, 5.41) is 3.77. The van der Waals surface area contributed by atoms with E-state index in [0.29, 0.717) is 53.6 Å². The van der Waals surface area contributed by atoms with E-state index >= 15 is 0 Å². The number of benzene rings is 1. The fourth-order valence-corrected chi connectivity index (χ4v) is 6.66. The van der Waals surface area contributed by atoms with E-state index in [4.69, 9.17) is 16.3 Å². The van der Waals surface area contributed by atoms with Crippen molar-refractivity contribution in [2.45, 2.75) is 70.1 Å². The summed E-state index contributed by atoms with van der Waals surface area (Å²) in [5.74, 6) is 0.775. The van der Waals surface area contributed by atoms with Crippen LogP contribution in [0.15, 0.2) is 47.7 Å². The van der Waals surface area contributed by atoms with Crippen LogP contribution in [0.25, 0.3) is 11.3 Å². The van der Waals surface area contributed by atoms with Gasteiger partial charge in [-0.2, -0.15) is 0 Å². The fourth-order valence-electron chi connectivity index (χ4n) is 6.46. The lowest BCUT2D eigenvalue weighted by Gasteiger charge is -2.36. The smallest absolute Gasteiger partial charge is 0.267 e. The number of aromatic nitrogens is 3. The fraction of sp³-hybridized carbons (Fsp3) is 0.486. The van der Waals surface area contributed by atoms with Gasteiger partial charge in [0.25, 0.3) is 11.8 Å². The number of amides is 2. The molecule has 1 aromatic carbocycles. The number of rotatable bonds is 9. The van der Waals surface area contributed by atoms with Gasteiger partial charge in [0.1, 0.15) is 11.9 Å². The summed E-state index contributed by atoms with van der Waals surface area (Å²) in [6.45, 7) is 7.41. The Morgan fingerprint density at radius 2 is 1.87 bits per heavy atom. The van der Waals surface area contributed by atoms with Crippen LogP contribution in [0, 0.1) is 0 Å². The van der Waals surface area contributed by atoms with Crippen molar-refractivity contribution in [3.8, 4) is 11.3 Å². The summed E-state index contributed by atoms with van der Waals surface area (Å²) in [6.07, 6.45) is 9.04. The number of aliphatic imine (C=N–C) groups is 1. The summed E-state index contributed by atoms with van der Waals surface area (Å²) in [7, 11) is 4.27. The third-order valence-electron chi connectivity index (χ3n) is 9.58. The van der Waals surface area contributed by atoms with Crippen molar-refractivity contribution in [3.63, 3.8) is 0 Å². The average molecular weight is 659 g/mol. The number of hydrogen-bond acceptors (Lipinski definition) is 9. The molecule has 2 aromatic heterocycles. The van der Waals surface area contributed by atoms with Crippen LogP contribution in [0.3, 0.4) is 0 Å². The van der Waals surface area contributed by atoms with Crippen LogP contribution in [-0.2, 0) is 16.1 Å². The highest BCUT2D eigenvalue weighted by molar-refractivity contribution is 6.33. The summed E-state index contributed by atoms with van der Waals surface area (Å²) < 4.78 is 5.44. The van der Waals surface area contributed by atoms with Crippen molar-refractivity contribution in [3.05, 3.63) is 64.4 Å². The van der Waals surface area contributed by atoms with Gasteiger partial charge in [0.05, 0.1) is 16.9 Å². The maximum Gasteiger partial charge on any atom is 0.267 e. The van der Waals surface area contributed by atoms with Gasteiger partial charge in [0.2, 0.25) is 5.95 Å². The predicted octanol–water partition coefficient (Wildman–Crippen LogP) is 5.06. The largest absolute Gasteiger partial charge is 0.381 e. The topological polar surface area (TPSA) is 116 Å². The van der Waals surface area contributed by atoms with Crippen molar-refractivity contribution < 1.29 is 14.3 Å². The average Bonchev–Trinajstić information content (AvgIpc) is 3.43. The molecule has 2 atom stereocenters. The summed E-state index contributed by atoms with van der Waals surface area (Å²) in [6, 6.07) is 9.78. The number of hydrogen-bond donors (Lipinski definition) is 1. The second-order valence-electron chi connectivity index (χ2n) is 12.9. The van der Waals surface area contributed by atoms with Gasteiger partial charge < -0.3 is 24.8 Å². The molecule has 0 radical (unpaired) electrons. The normalized spacial score (nSPS) is 19.0. The molecule has 2 saturated heterocycles. The Morgan fingerprint density at radius 3 is 2.62 bits per heavy atom. The number of fused-ring (bicyclic) bond motifs is 1. The molecule has 3 aromatic rings. The van der Waals surface area contributed by atoms with Crippen LogP contribution in [-0.4, -0.2) is 101 Å². The van der Waals surface area contributed by atoms with Crippen LogP contribution in [0.1, 0.15) is 66.9 Å². The first-order valence-electron chi connectivity index (χ1n) is 16.4. The first kappa shape index (κ1) is 33.0. The predicted molar refractivity (Wildman–Crippen MR) is 184 cm³/mol. The molecule has 11 nitrogen and oxygen atoms in total. The van der Waals surface area contributed by atoms with Crippen molar-refractivity contribution in [1.82, 2.24) is 24.8 Å². The van der Waals surface area contributed by atoms with Crippen LogP contribution in [0.2, 0.25) is 5.02 Å². The van der Waals surface area contributed by atoms with Crippen LogP contribution in [0.4, 0.5) is 11.8 Å². The summed E-state index contributed by atoms with van der Waals surface area (Å²) in [4.78, 5) is 50.9. The lowest BCUT2D eigenvalue weighted by atomic mass is 10.0. The molecule has 1 unspecified atom stereocenters. The van der Waals surface area contributed by atoms with Gasteiger partial charge in [-0.05, 0) is 76.0 Å². The molecule has 0 saturated carbocycles. The Bertz CT molecular complexity index is 1630. The minimum absolute atomic E-state index is 0.0929. The van der Waals surface area contributed by atoms with Crippen LogP contribution in [0.5, 0.6) is 0 Å². The minimum atomic E-state index is -0.717. The van der Waals surface area contributed by atoms with Gasteiger partial charge >= 0.3 is 0 Å². The number of nitrogens with zero attached hydrogens (tertiary/aromatic N) is 7. The highest BCUT2D eigenvalue weighted by Crippen LogP contribution is 2.33. The third-order valence-corrected chi connectivity index (χ3v) is 9.85. The van der Waals surface area contributed by atoms with Gasteiger partial charge in [-0.15, -0.1) is 0 Å². The Kier molecular flexibility index (Phi) is 10.1. The zero-order valence-corrected chi connectivity index (χ0v) is 28.3. The van der Waals surface area contributed by atoms with E-state index in [1.54, 1.807) is 30.3 Å². The minimum Gasteiger partial charge on any atom is -0.381 e. The maximum absolute atomic E-state index is 13.6. The van der Waals surface area contributed by atoms with Crippen molar-refractivity contribution in [1.29, 1.82) is 0 Å². The van der Waals surface area contributed by atoms with Crippen molar-refractivity contribution in [2.75, 3.05) is 50.6 Å². The molecule has 0 aliphatic carbocycles. The third kappa shape index (κ3) is 7.47. The van der Waals surface area contributed by atoms with E-state index in [0.717, 1.165) is 55.7 Å². The number of carbonyl (C=O) groups excluding carboxylic acids is 2. The number of pyridine rings is 1. The molecular formula is C35H43ClN8O3. The zero-order chi connectivity index (χ0) is 33.1. The van der Waals surface area contributed by atoms with Crippen molar-refractivity contribution >= 4 is 41.4 Å². The molecule has 0 bridgehead atoms. The Labute approximate surface area is 281 Å². The molecule has 1 N–H and O–H groups in total. The van der Waals surface area contributed by atoms with Gasteiger partial charge in [-0.3, -0.25) is 9.59 Å². The second-order valence-corrected chi connectivity index (χ2v) is 13.3. The molecular weight excluding hydrogens is 616 g/mol. The van der Waals surface area contributed by atoms with Gasteiger partial charge in [-0.25, -0.2) is 19.9 Å². The van der Waals surface area contributed by atoms with E-state index in [2.05, 4.69) is 55.2 Å².